The first kappa shape index (κ1) is 22.1. The molecular weight excluding hydrogens is 458 g/mol. The lowest BCUT2D eigenvalue weighted by molar-refractivity contribution is 0.521. The summed E-state index contributed by atoms with van der Waals surface area (Å²) in [4.78, 5) is 9.24. The second-order valence-corrected chi connectivity index (χ2v) is 11.2. The Morgan fingerprint density at radius 1 is 1.18 bits per heavy atom. The van der Waals surface area contributed by atoms with Crippen molar-refractivity contribution in [2.75, 3.05) is 14.1 Å². The van der Waals surface area contributed by atoms with Gasteiger partial charge in [0, 0.05) is 44.6 Å². The molecule has 3 heterocycles. The monoisotopic (exact) mass is 483 g/mol. The molecule has 4 aromatic rings. The minimum Gasteiger partial charge on any atom is -0.328 e. The molecular formula is C22H25N7O2S2. The van der Waals surface area contributed by atoms with Gasteiger partial charge in [-0.05, 0) is 50.1 Å². The van der Waals surface area contributed by atoms with Gasteiger partial charge >= 0.3 is 0 Å². The summed E-state index contributed by atoms with van der Waals surface area (Å²) >= 11 is 1.60. The Bertz CT molecular complexity index is 1410. The second kappa shape index (κ2) is 8.54. The first-order valence-corrected chi connectivity index (χ1v) is 13.2. The highest BCUT2D eigenvalue weighted by Crippen LogP contribution is 2.41. The third kappa shape index (κ3) is 4.04. The Kier molecular flexibility index (Phi) is 5.71. The average molecular weight is 484 g/mol. The van der Waals surface area contributed by atoms with Crippen LogP contribution in [0.25, 0.3) is 22.4 Å². The second-order valence-electron chi connectivity index (χ2n) is 8.15. The molecule has 0 spiro atoms. The van der Waals surface area contributed by atoms with E-state index in [4.69, 9.17) is 4.98 Å². The first-order chi connectivity index (χ1) is 15.9. The number of hydrogen-bond acceptors (Lipinski definition) is 7. The van der Waals surface area contributed by atoms with E-state index in [-0.39, 0.29) is 4.90 Å². The minimum atomic E-state index is -3.51. The Balaban J connectivity index is 1.46. The number of hydrogen-bond donors (Lipinski definition) is 0. The van der Waals surface area contributed by atoms with E-state index in [0.29, 0.717) is 17.3 Å². The maximum Gasteiger partial charge on any atom is 0.242 e. The standard InChI is InChI=1S/C22H25N7O2S2/c1-4-28-19-10-9-17(33(30,31)27(2)3)12-18(19)24-20(28)14-32-22-26-25-21(29(22)16-7-8-16)15-6-5-11-23-13-15/h5-6,9-13,16H,4,7-8,14H2,1-3H3. The molecule has 1 aliphatic rings. The van der Waals surface area contributed by atoms with E-state index < -0.39 is 10.0 Å². The van der Waals surface area contributed by atoms with E-state index in [1.807, 2.05) is 24.4 Å². The van der Waals surface area contributed by atoms with Crippen LogP contribution in [0.15, 0.2) is 52.8 Å². The van der Waals surface area contributed by atoms with E-state index in [1.165, 1.54) is 18.4 Å². The van der Waals surface area contributed by atoms with Crippen LogP contribution in [0.5, 0.6) is 0 Å². The van der Waals surface area contributed by atoms with Crippen LogP contribution in [0.4, 0.5) is 0 Å². The number of aryl methyl sites for hydroxylation is 1. The van der Waals surface area contributed by atoms with Crippen molar-refractivity contribution in [3.05, 3.63) is 48.5 Å². The van der Waals surface area contributed by atoms with Gasteiger partial charge in [0.1, 0.15) is 5.82 Å². The highest BCUT2D eigenvalue weighted by atomic mass is 32.2. The van der Waals surface area contributed by atoms with Gasteiger partial charge < -0.3 is 4.57 Å². The van der Waals surface area contributed by atoms with E-state index in [9.17, 15) is 8.42 Å². The van der Waals surface area contributed by atoms with Crippen molar-refractivity contribution < 1.29 is 8.42 Å². The molecule has 0 aliphatic heterocycles. The maximum atomic E-state index is 12.5. The molecule has 11 heteroatoms. The molecule has 0 amide bonds. The van der Waals surface area contributed by atoms with Gasteiger partial charge in [-0.2, -0.15) is 0 Å². The zero-order valence-electron chi connectivity index (χ0n) is 18.7. The third-order valence-electron chi connectivity index (χ3n) is 5.72. The van der Waals surface area contributed by atoms with E-state index in [1.54, 1.807) is 30.1 Å². The predicted molar refractivity (Wildman–Crippen MR) is 127 cm³/mol. The molecule has 0 N–H and O–H groups in total. The molecule has 172 valence electrons. The fourth-order valence-electron chi connectivity index (χ4n) is 3.85. The topological polar surface area (TPSA) is 98.8 Å². The smallest absolute Gasteiger partial charge is 0.242 e. The van der Waals surface area contributed by atoms with Crippen LogP contribution in [0, 0.1) is 0 Å². The highest BCUT2D eigenvalue weighted by molar-refractivity contribution is 7.98. The lowest BCUT2D eigenvalue weighted by Gasteiger charge is -2.11. The van der Waals surface area contributed by atoms with Gasteiger partial charge in [-0.25, -0.2) is 17.7 Å². The largest absolute Gasteiger partial charge is 0.328 e. The number of benzene rings is 1. The summed E-state index contributed by atoms with van der Waals surface area (Å²) in [5.74, 6) is 2.33. The van der Waals surface area contributed by atoms with E-state index >= 15 is 0 Å². The lowest BCUT2D eigenvalue weighted by Crippen LogP contribution is -2.22. The van der Waals surface area contributed by atoms with Crippen LogP contribution in [-0.4, -0.2) is 56.1 Å². The average Bonchev–Trinajstić information content (AvgIpc) is 3.46. The van der Waals surface area contributed by atoms with Crippen molar-refractivity contribution in [3.8, 4) is 11.4 Å². The molecule has 0 unspecified atom stereocenters. The molecule has 3 aromatic heterocycles. The molecule has 1 saturated carbocycles. The Morgan fingerprint density at radius 3 is 2.67 bits per heavy atom. The van der Waals surface area contributed by atoms with Crippen LogP contribution >= 0.6 is 11.8 Å². The summed E-state index contributed by atoms with van der Waals surface area (Å²) in [7, 11) is -0.454. The summed E-state index contributed by atoms with van der Waals surface area (Å²) < 4.78 is 30.6. The third-order valence-corrected chi connectivity index (χ3v) is 8.47. The highest BCUT2D eigenvalue weighted by Gasteiger charge is 2.30. The number of rotatable bonds is 8. The Morgan fingerprint density at radius 2 is 2.00 bits per heavy atom. The summed E-state index contributed by atoms with van der Waals surface area (Å²) in [6.45, 7) is 2.80. The quantitative estimate of drug-likeness (QED) is 0.353. The number of thioether (sulfide) groups is 1. The van der Waals surface area contributed by atoms with Crippen molar-refractivity contribution in [2.45, 2.75) is 48.2 Å². The fourth-order valence-corrected chi connectivity index (χ4v) is 5.73. The summed E-state index contributed by atoms with van der Waals surface area (Å²) in [6.07, 6.45) is 5.81. The number of pyridine rings is 1. The van der Waals surface area contributed by atoms with Crippen LogP contribution < -0.4 is 0 Å². The minimum absolute atomic E-state index is 0.245. The van der Waals surface area contributed by atoms with Gasteiger partial charge in [-0.15, -0.1) is 10.2 Å². The molecule has 0 radical (unpaired) electrons. The fraction of sp³-hybridized carbons (Fsp3) is 0.364. The first-order valence-electron chi connectivity index (χ1n) is 10.8. The molecule has 5 rings (SSSR count). The Hall–Kier alpha value is -2.76. The van der Waals surface area contributed by atoms with Crippen molar-refractivity contribution >= 4 is 32.8 Å². The van der Waals surface area contributed by atoms with Gasteiger partial charge in [-0.1, -0.05) is 11.8 Å². The summed E-state index contributed by atoms with van der Waals surface area (Å²) in [5.41, 5.74) is 2.56. The normalized spacial score (nSPS) is 14.4. The molecule has 1 fully saturated rings. The molecule has 9 nitrogen and oxygen atoms in total. The Labute approximate surface area is 196 Å². The van der Waals surface area contributed by atoms with Gasteiger partial charge in [0.2, 0.25) is 10.0 Å². The van der Waals surface area contributed by atoms with E-state index in [2.05, 4.69) is 31.2 Å². The van der Waals surface area contributed by atoms with Gasteiger partial charge in [0.15, 0.2) is 11.0 Å². The molecule has 0 bridgehead atoms. The number of imidazole rings is 1. The van der Waals surface area contributed by atoms with Crippen LogP contribution in [0.1, 0.15) is 31.6 Å². The molecule has 0 atom stereocenters. The van der Waals surface area contributed by atoms with Crippen LogP contribution in [0.3, 0.4) is 0 Å². The number of nitrogens with zero attached hydrogens (tertiary/aromatic N) is 7. The van der Waals surface area contributed by atoms with Gasteiger partial charge in [0.25, 0.3) is 0 Å². The van der Waals surface area contributed by atoms with Gasteiger partial charge in [-0.3, -0.25) is 9.55 Å². The van der Waals surface area contributed by atoms with Crippen LogP contribution in [-0.2, 0) is 22.3 Å². The zero-order valence-corrected chi connectivity index (χ0v) is 20.3. The van der Waals surface area contributed by atoms with Crippen molar-refractivity contribution in [2.24, 2.45) is 0 Å². The lowest BCUT2D eigenvalue weighted by atomic mass is 10.3. The number of sulfonamides is 1. The molecule has 33 heavy (non-hydrogen) atoms. The number of fused-ring (bicyclic) bond motifs is 1. The van der Waals surface area contributed by atoms with Crippen LogP contribution in [0.2, 0.25) is 0 Å². The van der Waals surface area contributed by atoms with Gasteiger partial charge in [0.05, 0.1) is 21.7 Å². The van der Waals surface area contributed by atoms with Crippen molar-refractivity contribution in [1.82, 2.24) is 33.6 Å². The molecule has 0 saturated heterocycles. The SMILES string of the molecule is CCn1c(CSc2nnc(-c3cccnc3)n2C2CC2)nc2cc(S(=O)(=O)N(C)C)ccc21. The maximum absolute atomic E-state index is 12.5. The van der Waals surface area contributed by atoms with Crippen molar-refractivity contribution in [3.63, 3.8) is 0 Å². The predicted octanol–water partition coefficient (Wildman–Crippen LogP) is 3.59. The zero-order chi connectivity index (χ0) is 23.2. The number of aromatic nitrogens is 6. The molecule has 1 aliphatic carbocycles. The summed E-state index contributed by atoms with van der Waals surface area (Å²) in [5, 5.41) is 9.79. The summed E-state index contributed by atoms with van der Waals surface area (Å²) in [6, 6.07) is 9.46. The van der Waals surface area contributed by atoms with E-state index in [0.717, 1.165) is 47.3 Å². The van der Waals surface area contributed by atoms with Crippen molar-refractivity contribution in [1.29, 1.82) is 0 Å². The molecule has 1 aromatic carbocycles.